The van der Waals surface area contributed by atoms with Gasteiger partial charge in [-0.05, 0) is 6.07 Å². The third-order valence-electron chi connectivity index (χ3n) is 3.21. The summed E-state index contributed by atoms with van der Waals surface area (Å²) in [5.41, 5.74) is 1.87. The van der Waals surface area contributed by atoms with Gasteiger partial charge in [0.1, 0.15) is 5.52 Å². The molecule has 3 aromatic rings. The summed E-state index contributed by atoms with van der Waals surface area (Å²) in [7, 11) is 0. The molecule has 0 unspecified atom stereocenters. The molecule has 4 nitrogen and oxygen atoms in total. The lowest BCUT2D eigenvalue weighted by atomic mass is 9.89. The fourth-order valence-electron chi connectivity index (χ4n) is 2.34. The topological polar surface area (TPSA) is 58.6 Å². The van der Waals surface area contributed by atoms with E-state index in [1.165, 1.54) is 0 Å². The molecule has 0 saturated heterocycles. The zero-order chi connectivity index (χ0) is 13.6. The van der Waals surface area contributed by atoms with Crippen molar-refractivity contribution >= 4 is 21.8 Å². The predicted octanol–water partition coefficient (Wildman–Crippen LogP) is 2.77. The summed E-state index contributed by atoms with van der Waals surface area (Å²) in [6.07, 6.45) is 1.72. The number of pyridine rings is 1. The van der Waals surface area contributed by atoms with Crippen molar-refractivity contribution in [3.8, 4) is 0 Å². The Kier molecular flexibility index (Phi) is 2.42. The van der Waals surface area contributed by atoms with Gasteiger partial charge in [-0.3, -0.25) is 4.98 Å². The van der Waals surface area contributed by atoms with Crippen molar-refractivity contribution in [3.63, 3.8) is 0 Å². The Morgan fingerprint density at radius 3 is 2.63 bits per heavy atom. The second-order valence-electron chi connectivity index (χ2n) is 5.70. The van der Waals surface area contributed by atoms with E-state index < -0.39 is 0 Å². The Balaban J connectivity index is 2.55. The Labute approximate surface area is 110 Å². The molecule has 0 amide bonds. The first-order valence-corrected chi connectivity index (χ1v) is 6.25. The first-order valence-electron chi connectivity index (χ1n) is 6.25. The molecule has 1 N–H and O–H groups in total. The van der Waals surface area contributed by atoms with Gasteiger partial charge in [-0.25, -0.2) is 4.79 Å². The number of H-pyrrole nitrogens is 1. The van der Waals surface area contributed by atoms with Crippen molar-refractivity contribution in [2.24, 2.45) is 0 Å². The average molecular weight is 253 g/mol. The van der Waals surface area contributed by atoms with Crippen molar-refractivity contribution in [2.75, 3.05) is 0 Å². The van der Waals surface area contributed by atoms with Crippen LogP contribution in [0.2, 0.25) is 0 Å². The lowest BCUT2D eigenvalue weighted by Gasteiger charge is -2.20. The van der Waals surface area contributed by atoms with Crippen LogP contribution in [0, 0.1) is 0 Å². The van der Waals surface area contributed by atoms with Crippen LogP contribution in [-0.4, -0.2) is 15.0 Å². The second-order valence-corrected chi connectivity index (χ2v) is 5.70. The van der Waals surface area contributed by atoms with Crippen LogP contribution in [0.15, 0.2) is 35.3 Å². The van der Waals surface area contributed by atoms with E-state index in [1.807, 2.05) is 24.3 Å². The van der Waals surface area contributed by atoms with E-state index in [4.69, 9.17) is 0 Å². The van der Waals surface area contributed by atoms with Crippen LogP contribution in [0.4, 0.5) is 0 Å². The highest BCUT2D eigenvalue weighted by Crippen LogP contribution is 2.29. The van der Waals surface area contributed by atoms with Gasteiger partial charge in [-0.1, -0.05) is 39.0 Å². The number of rotatable bonds is 0. The van der Waals surface area contributed by atoms with Gasteiger partial charge >= 0.3 is 5.69 Å². The molecule has 96 valence electrons. The smallest absolute Gasteiger partial charge is 0.309 e. The number of benzene rings is 1. The molecule has 0 aliphatic rings. The average Bonchev–Trinajstić information content (AvgIpc) is 2.36. The van der Waals surface area contributed by atoms with E-state index in [0.717, 1.165) is 22.0 Å². The van der Waals surface area contributed by atoms with Gasteiger partial charge in [0.05, 0.1) is 5.52 Å². The maximum absolute atomic E-state index is 11.8. The fraction of sp³-hybridized carbons (Fsp3) is 0.267. The van der Waals surface area contributed by atoms with Crippen LogP contribution in [0.3, 0.4) is 0 Å². The summed E-state index contributed by atoms with van der Waals surface area (Å²) in [6, 6.07) is 7.87. The maximum Gasteiger partial charge on any atom is 0.345 e. The Morgan fingerprint density at radius 1 is 1.11 bits per heavy atom. The summed E-state index contributed by atoms with van der Waals surface area (Å²) in [6.45, 7) is 6.21. The van der Waals surface area contributed by atoms with Gasteiger partial charge in [0.2, 0.25) is 0 Å². The number of aromatic amines is 1. The van der Waals surface area contributed by atoms with Crippen LogP contribution >= 0.6 is 0 Å². The number of nitrogens with zero attached hydrogens (tertiary/aromatic N) is 2. The van der Waals surface area contributed by atoms with E-state index in [1.54, 1.807) is 6.20 Å². The van der Waals surface area contributed by atoms with E-state index in [9.17, 15) is 4.79 Å². The molecule has 0 radical (unpaired) electrons. The molecule has 4 heteroatoms. The Bertz CT molecular complexity index is 828. The molecule has 19 heavy (non-hydrogen) atoms. The van der Waals surface area contributed by atoms with Crippen LogP contribution in [-0.2, 0) is 5.41 Å². The Morgan fingerprint density at radius 2 is 1.89 bits per heavy atom. The van der Waals surface area contributed by atoms with Crippen molar-refractivity contribution in [3.05, 3.63) is 46.6 Å². The first kappa shape index (κ1) is 11.8. The van der Waals surface area contributed by atoms with Crippen molar-refractivity contribution in [2.45, 2.75) is 26.2 Å². The number of fused-ring (bicyclic) bond motifs is 3. The van der Waals surface area contributed by atoms with Crippen LogP contribution in [0.25, 0.3) is 21.8 Å². The van der Waals surface area contributed by atoms with E-state index in [2.05, 4.69) is 35.7 Å². The summed E-state index contributed by atoms with van der Waals surface area (Å²) < 4.78 is 0. The molecular formula is C15H15N3O. The maximum atomic E-state index is 11.8. The van der Waals surface area contributed by atoms with Crippen LogP contribution in [0.1, 0.15) is 26.5 Å². The van der Waals surface area contributed by atoms with Gasteiger partial charge in [-0.2, -0.15) is 4.98 Å². The summed E-state index contributed by atoms with van der Waals surface area (Å²) in [5, 5.41) is 1.95. The van der Waals surface area contributed by atoms with Gasteiger partial charge in [-0.15, -0.1) is 0 Å². The van der Waals surface area contributed by atoms with Gasteiger partial charge < -0.3 is 4.98 Å². The van der Waals surface area contributed by atoms with E-state index in [-0.39, 0.29) is 11.1 Å². The zero-order valence-electron chi connectivity index (χ0n) is 11.2. The molecule has 0 aliphatic heterocycles. The second kappa shape index (κ2) is 3.88. The summed E-state index contributed by atoms with van der Waals surface area (Å²) in [5.74, 6) is 0. The molecule has 0 spiro atoms. The van der Waals surface area contributed by atoms with Crippen molar-refractivity contribution < 1.29 is 0 Å². The SMILES string of the molecule is CC(C)(C)c1[nH]c(=O)nc2c1ccc1cccnc12. The molecule has 0 fully saturated rings. The lowest BCUT2D eigenvalue weighted by Crippen LogP contribution is -2.22. The van der Waals surface area contributed by atoms with Crippen molar-refractivity contribution in [1.29, 1.82) is 0 Å². The third-order valence-corrected chi connectivity index (χ3v) is 3.21. The normalized spacial score (nSPS) is 12.2. The Hall–Kier alpha value is -2.23. The monoisotopic (exact) mass is 253 g/mol. The van der Waals surface area contributed by atoms with Crippen molar-refractivity contribution in [1.82, 2.24) is 15.0 Å². The van der Waals surface area contributed by atoms with Crippen LogP contribution < -0.4 is 5.69 Å². The first-order chi connectivity index (χ1) is 8.97. The summed E-state index contributed by atoms with van der Waals surface area (Å²) in [4.78, 5) is 23.1. The highest BCUT2D eigenvalue weighted by Gasteiger charge is 2.20. The molecular weight excluding hydrogens is 238 g/mol. The minimum atomic E-state index is -0.324. The highest BCUT2D eigenvalue weighted by atomic mass is 16.1. The standard InChI is InChI=1S/C15H15N3O/c1-15(2,3)13-10-7-6-9-5-4-8-16-11(9)12(10)17-14(19)18-13/h4-8H,1-3H3,(H,17,18,19). The number of aromatic nitrogens is 3. The highest BCUT2D eigenvalue weighted by molar-refractivity contribution is 6.03. The minimum Gasteiger partial charge on any atom is -0.309 e. The molecule has 1 aromatic carbocycles. The van der Waals surface area contributed by atoms with Gasteiger partial charge in [0, 0.05) is 28.1 Å². The molecule has 0 saturated carbocycles. The van der Waals surface area contributed by atoms with E-state index in [0.29, 0.717) is 5.52 Å². The van der Waals surface area contributed by atoms with Gasteiger partial charge in [0.25, 0.3) is 0 Å². The molecule has 2 aromatic heterocycles. The lowest BCUT2D eigenvalue weighted by molar-refractivity contribution is 0.571. The molecule has 3 rings (SSSR count). The quantitative estimate of drug-likeness (QED) is 0.627. The molecule has 2 heterocycles. The molecule has 0 aliphatic carbocycles. The number of hydrogen-bond donors (Lipinski definition) is 1. The van der Waals surface area contributed by atoms with Crippen LogP contribution in [0.5, 0.6) is 0 Å². The van der Waals surface area contributed by atoms with Gasteiger partial charge in [0.15, 0.2) is 0 Å². The fourth-order valence-corrected chi connectivity index (χ4v) is 2.34. The van der Waals surface area contributed by atoms with E-state index >= 15 is 0 Å². The number of nitrogens with one attached hydrogen (secondary N) is 1. The number of hydrogen-bond acceptors (Lipinski definition) is 3. The zero-order valence-corrected chi connectivity index (χ0v) is 11.2. The predicted molar refractivity (Wildman–Crippen MR) is 76.4 cm³/mol. The molecule has 0 bridgehead atoms. The molecule has 0 atom stereocenters. The minimum absolute atomic E-state index is 0.150. The largest absolute Gasteiger partial charge is 0.345 e. The third kappa shape index (κ3) is 1.89. The summed E-state index contributed by atoms with van der Waals surface area (Å²) >= 11 is 0.